The molecule has 2 heterocycles. The first-order valence-electron chi connectivity index (χ1n) is 5.41. The lowest BCUT2D eigenvalue weighted by Gasteiger charge is -2.23. The van der Waals surface area contributed by atoms with Crippen molar-refractivity contribution in [2.45, 2.75) is 18.3 Å². The molecule has 1 aromatic rings. The fourth-order valence-electron chi connectivity index (χ4n) is 2.77. The van der Waals surface area contributed by atoms with Crippen molar-refractivity contribution in [3.05, 3.63) is 23.8 Å². The van der Waals surface area contributed by atoms with Crippen LogP contribution < -0.4 is 5.32 Å². The SMILES string of the molecule is O=C(O)c1cn[c]nc1C12CNCCC1C2. The lowest BCUT2D eigenvalue weighted by atomic mass is 9.91. The molecule has 2 atom stereocenters. The van der Waals surface area contributed by atoms with E-state index in [-0.39, 0.29) is 11.0 Å². The van der Waals surface area contributed by atoms with Crippen molar-refractivity contribution in [2.75, 3.05) is 13.1 Å². The zero-order valence-electron chi connectivity index (χ0n) is 8.73. The number of aromatic carboxylic acids is 1. The molecule has 83 valence electrons. The predicted molar refractivity (Wildman–Crippen MR) is 55.1 cm³/mol. The van der Waals surface area contributed by atoms with Crippen molar-refractivity contribution in [1.29, 1.82) is 0 Å². The first kappa shape index (κ1) is 9.72. The predicted octanol–water partition coefficient (Wildman–Crippen LogP) is 0.226. The highest BCUT2D eigenvalue weighted by Gasteiger charge is 2.58. The number of fused-ring (bicyclic) bond motifs is 1. The highest BCUT2D eigenvalue weighted by atomic mass is 16.4. The number of carbonyl (C=O) groups is 1. The van der Waals surface area contributed by atoms with Gasteiger partial charge in [-0.2, -0.15) is 0 Å². The van der Waals surface area contributed by atoms with Gasteiger partial charge < -0.3 is 10.4 Å². The number of piperidine rings is 1. The van der Waals surface area contributed by atoms with E-state index in [1.165, 1.54) is 6.20 Å². The summed E-state index contributed by atoms with van der Waals surface area (Å²) in [5.74, 6) is -0.371. The van der Waals surface area contributed by atoms with Gasteiger partial charge in [-0.1, -0.05) is 0 Å². The molecule has 2 fully saturated rings. The van der Waals surface area contributed by atoms with Crippen LogP contribution in [0.5, 0.6) is 0 Å². The third kappa shape index (κ3) is 1.24. The van der Waals surface area contributed by atoms with Crippen molar-refractivity contribution in [3.8, 4) is 0 Å². The van der Waals surface area contributed by atoms with Crippen LogP contribution in [0, 0.1) is 12.2 Å². The zero-order chi connectivity index (χ0) is 11.2. The Morgan fingerprint density at radius 1 is 1.69 bits per heavy atom. The molecule has 1 radical (unpaired) electrons. The summed E-state index contributed by atoms with van der Waals surface area (Å²) < 4.78 is 0. The van der Waals surface area contributed by atoms with E-state index in [2.05, 4.69) is 21.6 Å². The monoisotopic (exact) mass is 218 g/mol. The summed E-state index contributed by atoms with van der Waals surface area (Å²) in [6, 6.07) is 0. The van der Waals surface area contributed by atoms with E-state index in [4.69, 9.17) is 5.11 Å². The number of aromatic nitrogens is 2. The summed E-state index contributed by atoms with van der Waals surface area (Å²) >= 11 is 0. The lowest BCUT2D eigenvalue weighted by Crippen LogP contribution is -2.36. The Hall–Kier alpha value is -1.49. The molecule has 16 heavy (non-hydrogen) atoms. The maximum atomic E-state index is 11.1. The molecule has 0 bridgehead atoms. The van der Waals surface area contributed by atoms with E-state index in [1.54, 1.807) is 0 Å². The van der Waals surface area contributed by atoms with Gasteiger partial charge in [-0.3, -0.25) is 0 Å². The second kappa shape index (κ2) is 3.25. The minimum Gasteiger partial charge on any atom is -0.478 e. The van der Waals surface area contributed by atoms with Crippen LogP contribution in [0.15, 0.2) is 6.20 Å². The number of carboxylic acid groups (broad SMARTS) is 1. The number of carboxylic acids is 1. The van der Waals surface area contributed by atoms with Crippen LogP contribution in [0.25, 0.3) is 0 Å². The molecule has 5 nitrogen and oxygen atoms in total. The average Bonchev–Trinajstić information content (AvgIpc) is 3.04. The summed E-state index contributed by atoms with van der Waals surface area (Å²) in [5, 5.41) is 12.4. The molecule has 0 amide bonds. The maximum Gasteiger partial charge on any atom is 0.339 e. The van der Waals surface area contributed by atoms with Gasteiger partial charge in [0.25, 0.3) is 0 Å². The quantitative estimate of drug-likeness (QED) is 0.743. The van der Waals surface area contributed by atoms with Gasteiger partial charge >= 0.3 is 5.97 Å². The standard InChI is InChI=1S/C11H12N3O2/c15-10(16)8-4-13-6-14-9(8)11-3-7(11)1-2-12-5-11/h4,7,12H,1-3,5H2,(H,15,16). The molecule has 1 saturated carbocycles. The van der Waals surface area contributed by atoms with Gasteiger partial charge in [-0.05, 0) is 25.3 Å². The smallest absolute Gasteiger partial charge is 0.339 e. The molecule has 2 unspecified atom stereocenters. The largest absolute Gasteiger partial charge is 0.478 e. The van der Waals surface area contributed by atoms with Gasteiger partial charge in [-0.25, -0.2) is 14.8 Å². The Morgan fingerprint density at radius 2 is 2.56 bits per heavy atom. The third-order valence-corrected chi connectivity index (χ3v) is 3.71. The Kier molecular flexibility index (Phi) is 1.97. The number of rotatable bonds is 2. The number of nitrogens with one attached hydrogen (secondary N) is 1. The Balaban J connectivity index is 2.04. The lowest BCUT2D eigenvalue weighted by molar-refractivity contribution is 0.0693. The fourth-order valence-corrected chi connectivity index (χ4v) is 2.77. The molecule has 1 aliphatic carbocycles. The minimum absolute atomic E-state index is 0.0641. The first-order chi connectivity index (χ1) is 7.74. The maximum absolute atomic E-state index is 11.1. The van der Waals surface area contributed by atoms with E-state index in [0.717, 1.165) is 25.9 Å². The molecule has 1 aromatic heterocycles. The van der Waals surface area contributed by atoms with Crippen molar-refractivity contribution in [1.82, 2.24) is 15.3 Å². The van der Waals surface area contributed by atoms with Gasteiger partial charge in [-0.15, -0.1) is 0 Å². The molecule has 0 aromatic carbocycles. The number of hydrogen-bond acceptors (Lipinski definition) is 4. The van der Waals surface area contributed by atoms with Crippen LogP contribution in [-0.2, 0) is 5.41 Å². The highest BCUT2D eigenvalue weighted by Crippen LogP contribution is 2.57. The normalized spacial score (nSPS) is 31.9. The van der Waals surface area contributed by atoms with E-state index in [0.29, 0.717) is 11.6 Å². The Bertz CT molecular complexity index is 449. The Morgan fingerprint density at radius 3 is 3.31 bits per heavy atom. The zero-order valence-corrected chi connectivity index (χ0v) is 8.73. The second-order valence-electron chi connectivity index (χ2n) is 4.56. The van der Waals surface area contributed by atoms with Crippen LogP contribution in [-0.4, -0.2) is 34.1 Å². The number of nitrogens with zero attached hydrogens (tertiary/aromatic N) is 2. The summed E-state index contributed by atoms with van der Waals surface area (Å²) in [6.07, 6.45) is 6.00. The van der Waals surface area contributed by atoms with E-state index in [9.17, 15) is 4.79 Å². The molecule has 5 heteroatoms. The van der Waals surface area contributed by atoms with Crippen LogP contribution >= 0.6 is 0 Å². The highest BCUT2D eigenvalue weighted by molar-refractivity contribution is 5.89. The van der Waals surface area contributed by atoms with Gasteiger partial charge in [0.1, 0.15) is 0 Å². The van der Waals surface area contributed by atoms with Crippen molar-refractivity contribution in [3.63, 3.8) is 0 Å². The molecule has 2 N–H and O–H groups in total. The topological polar surface area (TPSA) is 75.1 Å². The van der Waals surface area contributed by atoms with Gasteiger partial charge in [0.15, 0.2) is 6.33 Å². The van der Waals surface area contributed by atoms with Crippen molar-refractivity contribution in [2.24, 2.45) is 5.92 Å². The molecular formula is C11H12N3O2. The van der Waals surface area contributed by atoms with Gasteiger partial charge in [0.05, 0.1) is 11.3 Å². The minimum atomic E-state index is -0.949. The van der Waals surface area contributed by atoms with E-state index < -0.39 is 5.97 Å². The fraction of sp³-hybridized carbons (Fsp3) is 0.545. The van der Waals surface area contributed by atoms with Crippen molar-refractivity contribution >= 4 is 5.97 Å². The van der Waals surface area contributed by atoms with E-state index >= 15 is 0 Å². The molecule has 1 saturated heterocycles. The summed E-state index contributed by atoms with van der Waals surface area (Å²) in [5.41, 5.74) is 0.822. The van der Waals surface area contributed by atoms with Crippen molar-refractivity contribution < 1.29 is 9.90 Å². The molecule has 3 rings (SSSR count). The molecule has 2 aliphatic rings. The molecule has 1 aliphatic heterocycles. The molecule has 0 spiro atoms. The van der Waals surface area contributed by atoms with Gasteiger partial charge in [0.2, 0.25) is 0 Å². The van der Waals surface area contributed by atoms with Crippen LogP contribution in [0.2, 0.25) is 0 Å². The third-order valence-electron chi connectivity index (χ3n) is 3.71. The summed E-state index contributed by atoms with van der Waals surface area (Å²) in [7, 11) is 0. The van der Waals surface area contributed by atoms with E-state index in [1.807, 2.05) is 0 Å². The second-order valence-corrected chi connectivity index (χ2v) is 4.56. The average molecular weight is 218 g/mol. The van der Waals surface area contributed by atoms with Gasteiger partial charge in [0, 0.05) is 18.2 Å². The summed E-state index contributed by atoms with van der Waals surface area (Å²) in [4.78, 5) is 18.9. The Labute approximate surface area is 92.9 Å². The van der Waals surface area contributed by atoms with Crippen LogP contribution in [0.4, 0.5) is 0 Å². The summed E-state index contributed by atoms with van der Waals surface area (Å²) in [6.45, 7) is 1.84. The first-order valence-corrected chi connectivity index (χ1v) is 5.41. The molecular weight excluding hydrogens is 206 g/mol. The number of hydrogen-bond donors (Lipinski definition) is 2. The van der Waals surface area contributed by atoms with Crippen LogP contribution in [0.3, 0.4) is 0 Å². The van der Waals surface area contributed by atoms with Crippen LogP contribution in [0.1, 0.15) is 28.9 Å².